The fourth-order valence-corrected chi connectivity index (χ4v) is 4.78. The van der Waals surface area contributed by atoms with E-state index in [9.17, 15) is 5.11 Å². The highest BCUT2D eigenvalue weighted by molar-refractivity contribution is 5.83. The Labute approximate surface area is 224 Å². The largest absolute Gasteiger partial charge is 0.494 e. The molecule has 0 bridgehead atoms. The van der Waals surface area contributed by atoms with E-state index < -0.39 is 0 Å². The van der Waals surface area contributed by atoms with Gasteiger partial charge < -0.3 is 24.6 Å². The van der Waals surface area contributed by atoms with Crippen LogP contribution in [0, 0.1) is 0 Å². The third-order valence-corrected chi connectivity index (χ3v) is 6.82. The second-order valence-corrected chi connectivity index (χ2v) is 9.53. The van der Waals surface area contributed by atoms with Gasteiger partial charge in [-0.05, 0) is 51.2 Å². The number of hydrogen-bond acceptors (Lipinski definition) is 5. The minimum Gasteiger partial charge on any atom is -0.494 e. The number of aliphatic hydroxyl groups is 1. The van der Waals surface area contributed by atoms with Crippen LogP contribution in [0.5, 0.6) is 5.75 Å². The van der Waals surface area contributed by atoms with Crippen molar-refractivity contribution in [2.45, 2.75) is 31.8 Å². The van der Waals surface area contributed by atoms with Crippen molar-refractivity contribution in [3.63, 3.8) is 0 Å². The highest BCUT2D eigenvalue weighted by atomic mass is 16.5. The Morgan fingerprint density at radius 3 is 2.37 bits per heavy atom. The summed E-state index contributed by atoms with van der Waals surface area (Å²) < 4.78 is 18.1. The van der Waals surface area contributed by atoms with Crippen LogP contribution >= 0.6 is 0 Å². The van der Waals surface area contributed by atoms with Gasteiger partial charge in [-0.3, -0.25) is 0 Å². The van der Waals surface area contributed by atoms with Crippen LogP contribution in [0.1, 0.15) is 23.1 Å². The number of benzene rings is 4. The second kappa shape index (κ2) is 13.4. The lowest BCUT2D eigenvalue weighted by Crippen LogP contribution is -2.47. The summed E-state index contributed by atoms with van der Waals surface area (Å²) >= 11 is 0. The third kappa shape index (κ3) is 6.88. The van der Waals surface area contributed by atoms with Crippen LogP contribution in [0.2, 0.25) is 0 Å². The van der Waals surface area contributed by atoms with E-state index in [4.69, 9.17) is 14.2 Å². The van der Waals surface area contributed by atoms with Crippen molar-refractivity contribution in [2.24, 2.45) is 0 Å². The van der Waals surface area contributed by atoms with Crippen LogP contribution in [0.3, 0.4) is 0 Å². The Kier molecular flexibility index (Phi) is 9.19. The lowest BCUT2D eigenvalue weighted by Gasteiger charge is -2.33. The molecule has 0 saturated heterocycles. The first kappa shape index (κ1) is 26.1. The zero-order chi connectivity index (χ0) is 26.0. The lowest BCUT2D eigenvalue weighted by atomic mass is 9.92. The third-order valence-electron chi connectivity index (χ3n) is 6.82. The summed E-state index contributed by atoms with van der Waals surface area (Å²) in [5.41, 5.74) is 4.46. The highest BCUT2D eigenvalue weighted by Gasteiger charge is 2.29. The van der Waals surface area contributed by atoms with Gasteiger partial charge in [-0.2, -0.15) is 0 Å². The van der Waals surface area contributed by atoms with Gasteiger partial charge in [0.15, 0.2) is 0 Å². The Hall–Kier alpha value is -3.48. The number of hydrogen-bond donors (Lipinski definition) is 2. The maximum atomic E-state index is 10.0. The van der Waals surface area contributed by atoms with Crippen LogP contribution < -0.4 is 10.1 Å². The van der Waals surface area contributed by atoms with Gasteiger partial charge in [0, 0.05) is 13.0 Å². The van der Waals surface area contributed by atoms with Gasteiger partial charge in [-0.15, -0.1) is 0 Å². The van der Waals surface area contributed by atoms with Crippen molar-refractivity contribution in [1.82, 2.24) is 5.32 Å². The van der Waals surface area contributed by atoms with Crippen molar-refractivity contribution in [3.05, 3.63) is 120 Å². The lowest BCUT2D eigenvalue weighted by molar-refractivity contribution is 0.0336. The quantitative estimate of drug-likeness (QED) is 0.238. The molecule has 4 aromatic rings. The number of aliphatic hydroxyl groups excluding tert-OH is 1. The summed E-state index contributed by atoms with van der Waals surface area (Å²) in [7, 11) is 0. The molecule has 0 radical (unpaired) electrons. The molecule has 0 aromatic heterocycles. The van der Waals surface area contributed by atoms with Gasteiger partial charge in [0.1, 0.15) is 11.9 Å². The maximum absolute atomic E-state index is 10.0. The topological polar surface area (TPSA) is 60.0 Å². The van der Waals surface area contributed by atoms with Gasteiger partial charge in [0.05, 0.1) is 39.1 Å². The number of ether oxygens (including phenoxy) is 3. The molecule has 4 aromatic carbocycles. The Bertz CT molecular complexity index is 1320. The fraction of sp³-hybridized carbons (Fsp3) is 0.273. The van der Waals surface area contributed by atoms with E-state index in [0.29, 0.717) is 33.0 Å². The summed E-state index contributed by atoms with van der Waals surface area (Å²) in [5.74, 6) is 0.832. The molecule has 1 heterocycles. The molecule has 0 saturated carbocycles. The van der Waals surface area contributed by atoms with Gasteiger partial charge in [-0.1, -0.05) is 84.9 Å². The normalized spacial score (nSPS) is 17.3. The summed E-state index contributed by atoms with van der Waals surface area (Å²) in [4.78, 5) is 0. The molecule has 1 aliphatic rings. The van der Waals surface area contributed by atoms with Crippen LogP contribution in [0.25, 0.3) is 16.3 Å². The molecular formula is C33H35NO4. The van der Waals surface area contributed by atoms with E-state index in [2.05, 4.69) is 66.0 Å². The molecule has 5 rings (SSSR count). The summed E-state index contributed by atoms with van der Waals surface area (Å²) in [6, 6.07) is 32.9. The zero-order valence-electron chi connectivity index (χ0n) is 21.6. The average Bonchev–Trinajstić information content (AvgIpc) is 2.98. The van der Waals surface area contributed by atoms with E-state index in [1.807, 2.05) is 42.5 Å². The minimum atomic E-state index is -0.256. The van der Waals surface area contributed by atoms with Crippen molar-refractivity contribution in [3.8, 4) is 5.75 Å². The Morgan fingerprint density at radius 1 is 0.763 bits per heavy atom. The smallest absolute Gasteiger partial charge is 0.119 e. The predicted octanol–water partition coefficient (Wildman–Crippen LogP) is 5.76. The Morgan fingerprint density at radius 2 is 1.55 bits per heavy atom. The summed E-state index contributed by atoms with van der Waals surface area (Å²) in [5, 5.41) is 15.8. The molecule has 0 amide bonds. The van der Waals surface area contributed by atoms with E-state index >= 15 is 0 Å². The molecule has 0 aliphatic carbocycles. The molecule has 38 heavy (non-hydrogen) atoms. The molecule has 5 nitrogen and oxygen atoms in total. The first-order valence-electron chi connectivity index (χ1n) is 13.3. The van der Waals surface area contributed by atoms with Crippen LogP contribution in [0.4, 0.5) is 0 Å². The van der Waals surface area contributed by atoms with E-state index in [-0.39, 0.29) is 18.8 Å². The van der Waals surface area contributed by atoms with Gasteiger partial charge in [-0.25, -0.2) is 0 Å². The molecule has 2 unspecified atom stereocenters. The van der Waals surface area contributed by atoms with Crippen molar-refractivity contribution < 1.29 is 19.3 Å². The number of fused-ring (bicyclic) bond motifs is 1. The van der Waals surface area contributed by atoms with E-state index in [1.54, 1.807) is 0 Å². The van der Waals surface area contributed by atoms with Crippen LogP contribution in [-0.4, -0.2) is 43.6 Å². The molecule has 1 aliphatic heterocycles. The van der Waals surface area contributed by atoms with Crippen molar-refractivity contribution >= 4 is 16.3 Å². The molecule has 196 valence electrons. The van der Waals surface area contributed by atoms with E-state index in [0.717, 1.165) is 28.9 Å². The van der Waals surface area contributed by atoms with Crippen molar-refractivity contribution in [2.75, 3.05) is 26.4 Å². The Balaban J connectivity index is 1.15. The zero-order valence-corrected chi connectivity index (χ0v) is 21.6. The SMILES string of the molecule is OCC1NCC=C(c2ccc(OCCCOCc3ccccc3)cc2)C1OCc1ccc2ccccc2c1. The van der Waals surface area contributed by atoms with Gasteiger partial charge >= 0.3 is 0 Å². The average molecular weight is 510 g/mol. The second-order valence-electron chi connectivity index (χ2n) is 9.53. The first-order chi connectivity index (χ1) is 18.8. The van der Waals surface area contributed by atoms with Crippen LogP contribution in [0.15, 0.2) is 103 Å². The van der Waals surface area contributed by atoms with Gasteiger partial charge in [0.25, 0.3) is 0 Å². The van der Waals surface area contributed by atoms with Crippen molar-refractivity contribution in [1.29, 1.82) is 0 Å². The first-order valence-corrected chi connectivity index (χ1v) is 13.3. The number of rotatable bonds is 12. The fourth-order valence-electron chi connectivity index (χ4n) is 4.78. The molecule has 5 heteroatoms. The minimum absolute atomic E-state index is 0.00721. The maximum Gasteiger partial charge on any atom is 0.119 e. The molecular weight excluding hydrogens is 474 g/mol. The molecule has 0 spiro atoms. The predicted molar refractivity (Wildman–Crippen MR) is 152 cm³/mol. The standard InChI is InChI=1S/C33H35NO4/c35-22-32-33(38-24-26-11-12-27-9-4-5-10-29(27)21-26)31(17-18-34-32)28-13-15-30(16-14-28)37-20-6-19-36-23-25-7-2-1-3-8-25/h1-5,7-17,21,32-35H,6,18-20,22-24H2. The molecule has 0 fully saturated rings. The monoisotopic (exact) mass is 509 g/mol. The van der Waals surface area contributed by atoms with E-state index in [1.165, 1.54) is 16.3 Å². The summed E-state index contributed by atoms with van der Waals surface area (Å²) in [6.07, 6.45) is 2.72. The van der Waals surface area contributed by atoms with Crippen LogP contribution in [-0.2, 0) is 22.7 Å². The molecule has 2 atom stereocenters. The summed E-state index contributed by atoms with van der Waals surface area (Å²) in [6.45, 7) is 3.05. The number of nitrogens with one attached hydrogen (secondary N) is 1. The van der Waals surface area contributed by atoms with Gasteiger partial charge in [0.2, 0.25) is 0 Å². The molecule has 2 N–H and O–H groups in total. The highest BCUT2D eigenvalue weighted by Crippen LogP contribution is 2.28.